The summed E-state index contributed by atoms with van der Waals surface area (Å²) in [7, 11) is 0. The van der Waals surface area contributed by atoms with Crippen LogP contribution in [0.2, 0.25) is 0 Å². The van der Waals surface area contributed by atoms with Crippen molar-refractivity contribution in [3.63, 3.8) is 0 Å². The molecule has 0 aromatic rings. The van der Waals surface area contributed by atoms with Crippen molar-refractivity contribution in [1.29, 1.82) is 0 Å². The van der Waals surface area contributed by atoms with Crippen molar-refractivity contribution in [2.24, 2.45) is 5.92 Å². The molecule has 0 aliphatic rings. The average molecular weight is 217 g/mol. The van der Waals surface area contributed by atoms with Gasteiger partial charge in [-0.1, -0.05) is 20.3 Å². The van der Waals surface area contributed by atoms with Gasteiger partial charge in [0.1, 0.15) is 12.6 Å². The molecule has 0 aliphatic heterocycles. The fraction of sp³-hybridized carbons (Fsp3) is 0.800. The summed E-state index contributed by atoms with van der Waals surface area (Å²) in [6.45, 7) is 5.80. The summed E-state index contributed by atoms with van der Waals surface area (Å²) in [5, 5.41) is 11.3. The topological polar surface area (TPSA) is 75.6 Å². The van der Waals surface area contributed by atoms with Gasteiger partial charge in [0.05, 0.1) is 0 Å². The number of carboxylic acid groups (broad SMARTS) is 1. The third-order valence-corrected chi connectivity index (χ3v) is 2.23. The Bertz CT molecular complexity index is 217. The van der Waals surface area contributed by atoms with Crippen LogP contribution < -0.4 is 5.32 Å². The minimum atomic E-state index is -1.01. The first-order valence-electron chi connectivity index (χ1n) is 5.12. The predicted molar refractivity (Wildman–Crippen MR) is 55.5 cm³/mol. The molecule has 5 heteroatoms. The van der Waals surface area contributed by atoms with Crippen LogP contribution in [0.5, 0.6) is 0 Å². The number of aliphatic carboxylic acids is 1. The second kappa shape index (κ2) is 7.23. The van der Waals surface area contributed by atoms with E-state index in [4.69, 9.17) is 9.84 Å². The number of carboxylic acids is 1. The van der Waals surface area contributed by atoms with Crippen LogP contribution in [0.25, 0.3) is 0 Å². The van der Waals surface area contributed by atoms with Gasteiger partial charge in [-0.15, -0.1) is 0 Å². The predicted octanol–water partition coefficient (Wildman–Crippen LogP) is 0.638. The molecule has 0 bridgehead atoms. The second-order valence-electron chi connectivity index (χ2n) is 3.41. The Kier molecular flexibility index (Phi) is 6.70. The molecule has 0 spiro atoms. The van der Waals surface area contributed by atoms with Crippen molar-refractivity contribution in [3.05, 3.63) is 0 Å². The number of ether oxygens (including phenoxy) is 1. The van der Waals surface area contributed by atoms with Crippen molar-refractivity contribution in [2.45, 2.75) is 33.2 Å². The molecule has 0 aromatic heterocycles. The number of hydrogen-bond acceptors (Lipinski definition) is 3. The van der Waals surface area contributed by atoms with E-state index in [-0.39, 0.29) is 18.4 Å². The molecule has 88 valence electrons. The Morgan fingerprint density at radius 2 is 2.00 bits per heavy atom. The van der Waals surface area contributed by atoms with Gasteiger partial charge in [-0.3, -0.25) is 4.79 Å². The summed E-state index contributed by atoms with van der Waals surface area (Å²) < 4.78 is 4.88. The Morgan fingerprint density at radius 3 is 2.40 bits per heavy atom. The van der Waals surface area contributed by atoms with Gasteiger partial charge < -0.3 is 15.2 Å². The lowest BCUT2D eigenvalue weighted by atomic mass is 9.99. The number of amides is 1. The molecular formula is C10H19NO4. The van der Waals surface area contributed by atoms with Gasteiger partial charge in [0.15, 0.2) is 0 Å². The van der Waals surface area contributed by atoms with Gasteiger partial charge in [0.2, 0.25) is 5.91 Å². The van der Waals surface area contributed by atoms with E-state index in [1.54, 1.807) is 13.8 Å². The van der Waals surface area contributed by atoms with Crippen LogP contribution in [0.3, 0.4) is 0 Å². The highest BCUT2D eigenvalue weighted by molar-refractivity contribution is 5.84. The molecule has 2 atom stereocenters. The van der Waals surface area contributed by atoms with E-state index in [1.807, 2.05) is 6.92 Å². The molecule has 0 fully saturated rings. The van der Waals surface area contributed by atoms with Crippen LogP contribution in [0.1, 0.15) is 27.2 Å². The number of carbonyl (C=O) groups excluding carboxylic acids is 1. The van der Waals surface area contributed by atoms with Gasteiger partial charge in [-0.05, 0) is 12.8 Å². The second-order valence-corrected chi connectivity index (χ2v) is 3.41. The van der Waals surface area contributed by atoms with Crippen LogP contribution in [0.15, 0.2) is 0 Å². The van der Waals surface area contributed by atoms with Crippen LogP contribution in [0.4, 0.5) is 0 Å². The maximum absolute atomic E-state index is 11.2. The summed E-state index contributed by atoms with van der Waals surface area (Å²) in [4.78, 5) is 22.1. The average Bonchev–Trinajstić information content (AvgIpc) is 2.21. The molecule has 15 heavy (non-hydrogen) atoms. The van der Waals surface area contributed by atoms with E-state index in [0.717, 1.165) is 0 Å². The highest BCUT2D eigenvalue weighted by Crippen LogP contribution is 2.07. The zero-order valence-electron chi connectivity index (χ0n) is 9.45. The smallest absolute Gasteiger partial charge is 0.326 e. The SMILES string of the molecule is CCOCC(=O)N[C@@H](C(=O)O)[C@@H](C)CC. The maximum atomic E-state index is 11.2. The number of nitrogens with one attached hydrogen (secondary N) is 1. The molecule has 2 N–H and O–H groups in total. The lowest BCUT2D eigenvalue weighted by Crippen LogP contribution is -2.46. The number of hydrogen-bond donors (Lipinski definition) is 2. The van der Waals surface area contributed by atoms with E-state index in [0.29, 0.717) is 13.0 Å². The van der Waals surface area contributed by atoms with Crippen LogP contribution in [-0.2, 0) is 14.3 Å². The molecule has 5 nitrogen and oxygen atoms in total. The molecule has 0 aromatic carbocycles. The van der Waals surface area contributed by atoms with Gasteiger partial charge in [0, 0.05) is 6.61 Å². The molecule has 0 aliphatic carbocycles. The highest BCUT2D eigenvalue weighted by atomic mass is 16.5. The lowest BCUT2D eigenvalue weighted by Gasteiger charge is -2.19. The Hall–Kier alpha value is -1.10. The Morgan fingerprint density at radius 1 is 1.40 bits per heavy atom. The summed E-state index contributed by atoms with van der Waals surface area (Å²) in [6, 6.07) is -0.831. The Balaban J connectivity index is 4.16. The van der Waals surface area contributed by atoms with Crippen LogP contribution in [-0.4, -0.2) is 36.2 Å². The molecule has 1 amide bonds. The summed E-state index contributed by atoms with van der Waals surface area (Å²) >= 11 is 0. The fourth-order valence-electron chi connectivity index (χ4n) is 1.09. The monoisotopic (exact) mass is 217 g/mol. The molecule has 0 radical (unpaired) electrons. The first kappa shape index (κ1) is 13.9. The lowest BCUT2D eigenvalue weighted by molar-refractivity contribution is -0.144. The normalized spacial score (nSPS) is 14.3. The third kappa shape index (κ3) is 5.37. The van der Waals surface area contributed by atoms with E-state index in [2.05, 4.69) is 5.32 Å². The standard InChI is InChI=1S/C10H19NO4/c1-4-7(3)9(10(13)14)11-8(12)6-15-5-2/h7,9H,4-6H2,1-3H3,(H,11,12)(H,13,14)/t7-,9+/m0/s1. The first-order valence-corrected chi connectivity index (χ1v) is 5.12. The fourth-order valence-corrected chi connectivity index (χ4v) is 1.09. The number of rotatable bonds is 7. The quantitative estimate of drug-likeness (QED) is 0.656. The van der Waals surface area contributed by atoms with E-state index in [1.165, 1.54) is 0 Å². The zero-order chi connectivity index (χ0) is 11.8. The maximum Gasteiger partial charge on any atom is 0.326 e. The molecule has 0 saturated heterocycles. The molecule has 0 heterocycles. The van der Waals surface area contributed by atoms with Gasteiger partial charge >= 0.3 is 5.97 Å². The Labute approximate surface area is 89.8 Å². The van der Waals surface area contributed by atoms with Crippen LogP contribution >= 0.6 is 0 Å². The van der Waals surface area contributed by atoms with Crippen molar-refractivity contribution < 1.29 is 19.4 Å². The van der Waals surface area contributed by atoms with Crippen LogP contribution in [0, 0.1) is 5.92 Å². The van der Waals surface area contributed by atoms with Gasteiger partial charge in [0.25, 0.3) is 0 Å². The molecule has 0 saturated carbocycles. The van der Waals surface area contributed by atoms with Gasteiger partial charge in [-0.25, -0.2) is 4.79 Å². The summed E-state index contributed by atoms with van der Waals surface area (Å²) in [5.41, 5.74) is 0. The van der Waals surface area contributed by atoms with E-state index in [9.17, 15) is 9.59 Å². The van der Waals surface area contributed by atoms with Crippen molar-refractivity contribution in [2.75, 3.05) is 13.2 Å². The molecule has 0 rings (SSSR count). The first-order chi connectivity index (χ1) is 7.02. The van der Waals surface area contributed by atoms with Crippen molar-refractivity contribution in [3.8, 4) is 0 Å². The van der Waals surface area contributed by atoms with E-state index < -0.39 is 12.0 Å². The summed E-state index contributed by atoms with van der Waals surface area (Å²) in [6.07, 6.45) is 0.700. The summed E-state index contributed by atoms with van der Waals surface area (Å²) in [5.74, 6) is -1.48. The van der Waals surface area contributed by atoms with Gasteiger partial charge in [-0.2, -0.15) is 0 Å². The van der Waals surface area contributed by atoms with Crippen molar-refractivity contribution in [1.82, 2.24) is 5.32 Å². The zero-order valence-corrected chi connectivity index (χ0v) is 9.45. The van der Waals surface area contributed by atoms with Crippen molar-refractivity contribution >= 4 is 11.9 Å². The minimum Gasteiger partial charge on any atom is -0.480 e. The molecule has 0 unspecified atom stereocenters. The third-order valence-electron chi connectivity index (χ3n) is 2.23. The number of carbonyl (C=O) groups is 2. The van der Waals surface area contributed by atoms with E-state index >= 15 is 0 Å². The minimum absolute atomic E-state index is 0.0866. The molecular weight excluding hydrogens is 198 g/mol. The highest BCUT2D eigenvalue weighted by Gasteiger charge is 2.24. The largest absolute Gasteiger partial charge is 0.480 e.